The number of sulfonamides is 1. The zero-order chi connectivity index (χ0) is 26.7. The summed E-state index contributed by atoms with van der Waals surface area (Å²) in [5, 5.41) is 16.8. The molecule has 4 rings (SSSR count). The SMILES string of the molecule is COc1ccc(C#N)c(Nc2c(C(=O)N3CCC(c4ccc(F)cc4)CC3)cnc(S(N)(=O)=O)c2Cl)c1. The average Bonchev–Trinajstić information content (AvgIpc) is 2.89. The largest absolute Gasteiger partial charge is 0.497 e. The number of benzene rings is 2. The molecule has 0 spiro atoms. The molecular formula is C25H23ClFN5O4S. The average molecular weight is 544 g/mol. The van der Waals surface area contributed by atoms with E-state index in [1.807, 2.05) is 6.07 Å². The number of primary sulfonamides is 1. The number of likely N-dealkylation sites (tertiary alicyclic amines) is 1. The summed E-state index contributed by atoms with van der Waals surface area (Å²) in [4.78, 5) is 19.0. The minimum atomic E-state index is -4.31. The molecule has 3 N–H and O–H groups in total. The number of halogens is 2. The highest BCUT2D eigenvalue weighted by Crippen LogP contribution is 2.36. The lowest BCUT2D eigenvalue weighted by atomic mass is 9.89. The Morgan fingerprint density at radius 2 is 1.92 bits per heavy atom. The maximum atomic E-state index is 13.6. The van der Waals surface area contributed by atoms with Gasteiger partial charge in [0, 0.05) is 25.4 Å². The Bertz CT molecular complexity index is 1480. The summed E-state index contributed by atoms with van der Waals surface area (Å²) in [6, 6.07) is 13.0. The van der Waals surface area contributed by atoms with Crippen LogP contribution in [0.4, 0.5) is 15.8 Å². The number of aromatic nitrogens is 1. The second-order valence-electron chi connectivity index (χ2n) is 8.48. The van der Waals surface area contributed by atoms with Crippen LogP contribution in [0.15, 0.2) is 53.7 Å². The number of ether oxygens (including phenoxy) is 1. The third-order valence-electron chi connectivity index (χ3n) is 6.22. The van der Waals surface area contributed by atoms with Crippen molar-refractivity contribution >= 4 is 38.9 Å². The third kappa shape index (κ3) is 5.67. The van der Waals surface area contributed by atoms with Crippen LogP contribution in [0.5, 0.6) is 5.75 Å². The van der Waals surface area contributed by atoms with E-state index in [9.17, 15) is 22.9 Å². The van der Waals surface area contributed by atoms with E-state index in [2.05, 4.69) is 10.3 Å². The summed E-state index contributed by atoms with van der Waals surface area (Å²) in [6.45, 7) is 0.828. The van der Waals surface area contributed by atoms with Crippen molar-refractivity contribution in [2.45, 2.75) is 23.8 Å². The molecule has 1 aromatic heterocycles. The van der Waals surface area contributed by atoms with Gasteiger partial charge in [-0.05, 0) is 48.6 Å². The second kappa shape index (κ2) is 10.7. The van der Waals surface area contributed by atoms with Gasteiger partial charge in [0.1, 0.15) is 22.7 Å². The lowest BCUT2D eigenvalue weighted by molar-refractivity contribution is 0.0713. The fourth-order valence-electron chi connectivity index (χ4n) is 4.26. The van der Waals surface area contributed by atoms with E-state index in [4.69, 9.17) is 21.5 Å². The van der Waals surface area contributed by atoms with E-state index in [0.717, 1.165) is 11.8 Å². The van der Waals surface area contributed by atoms with Gasteiger partial charge in [0.2, 0.25) is 0 Å². The first-order valence-electron chi connectivity index (χ1n) is 11.2. The first kappa shape index (κ1) is 26.3. The molecule has 0 atom stereocenters. The molecule has 2 aromatic carbocycles. The molecule has 1 amide bonds. The van der Waals surface area contributed by atoms with Gasteiger partial charge < -0.3 is 15.0 Å². The van der Waals surface area contributed by atoms with Crippen molar-refractivity contribution in [1.82, 2.24) is 9.88 Å². The number of anilines is 2. The molecule has 37 heavy (non-hydrogen) atoms. The molecule has 0 bridgehead atoms. The molecule has 0 unspecified atom stereocenters. The maximum Gasteiger partial charge on any atom is 0.257 e. The summed E-state index contributed by atoms with van der Waals surface area (Å²) in [5.41, 5.74) is 1.43. The molecule has 3 aromatic rings. The van der Waals surface area contributed by atoms with Crippen LogP contribution in [-0.2, 0) is 10.0 Å². The van der Waals surface area contributed by atoms with Crippen molar-refractivity contribution in [2.24, 2.45) is 5.14 Å². The molecular weight excluding hydrogens is 521 g/mol. The van der Waals surface area contributed by atoms with Crippen LogP contribution in [0, 0.1) is 17.1 Å². The van der Waals surface area contributed by atoms with Crippen LogP contribution in [-0.4, -0.2) is 44.4 Å². The zero-order valence-corrected chi connectivity index (χ0v) is 21.3. The molecule has 0 radical (unpaired) electrons. The van der Waals surface area contributed by atoms with Gasteiger partial charge >= 0.3 is 0 Å². The van der Waals surface area contributed by atoms with Crippen molar-refractivity contribution in [3.63, 3.8) is 0 Å². The number of nitriles is 1. The van der Waals surface area contributed by atoms with Gasteiger partial charge in [-0.3, -0.25) is 4.79 Å². The topological polar surface area (TPSA) is 138 Å². The fourth-order valence-corrected chi connectivity index (χ4v) is 5.33. The van der Waals surface area contributed by atoms with Gasteiger partial charge in [-0.25, -0.2) is 22.9 Å². The van der Waals surface area contributed by atoms with E-state index in [0.29, 0.717) is 31.7 Å². The van der Waals surface area contributed by atoms with Crippen molar-refractivity contribution < 1.29 is 22.3 Å². The van der Waals surface area contributed by atoms with Crippen molar-refractivity contribution in [1.29, 1.82) is 5.26 Å². The van der Waals surface area contributed by atoms with Gasteiger partial charge in [-0.1, -0.05) is 23.7 Å². The predicted octanol–water partition coefficient (Wildman–Crippen LogP) is 4.17. The number of nitrogens with zero attached hydrogens (tertiary/aromatic N) is 3. The smallest absolute Gasteiger partial charge is 0.257 e. The van der Waals surface area contributed by atoms with E-state index in [-0.39, 0.29) is 39.3 Å². The second-order valence-corrected chi connectivity index (χ2v) is 10.3. The Balaban J connectivity index is 1.67. The van der Waals surface area contributed by atoms with E-state index in [1.165, 1.54) is 31.4 Å². The highest BCUT2D eigenvalue weighted by Gasteiger charge is 2.30. The molecule has 1 aliphatic rings. The predicted molar refractivity (Wildman–Crippen MR) is 136 cm³/mol. The minimum absolute atomic E-state index is 0.0179. The monoisotopic (exact) mass is 543 g/mol. The lowest BCUT2D eigenvalue weighted by Gasteiger charge is -2.33. The molecule has 2 heterocycles. The molecule has 1 aliphatic heterocycles. The summed E-state index contributed by atoms with van der Waals surface area (Å²) < 4.78 is 42.6. The number of carbonyl (C=O) groups excluding carboxylic acids is 1. The molecule has 1 fully saturated rings. The molecule has 192 valence electrons. The van der Waals surface area contributed by atoms with Gasteiger partial charge in [0.25, 0.3) is 15.9 Å². The van der Waals surface area contributed by atoms with Crippen LogP contribution in [0.25, 0.3) is 0 Å². The Morgan fingerprint density at radius 3 is 2.51 bits per heavy atom. The van der Waals surface area contributed by atoms with Gasteiger partial charge in [-0.15, -0.1) is 0 Å². The maximum absolute atomic E-state index is 13.6. The first-order chi connectivity index (χ1) is 17.6. The van der Waals surface area contributed by atoms with Crippen LogP contribution in [0.3, 0.4) is 0 Å². The third-order valence-corrected chi connectivity index (χ3v) is 7.55. The Labute approximate surface area is 218 Å². The van der Waals surface area contributed by atoms with Gasteiger partial charge in [-0.2, -0.15) is 5.26 Å². The van der Waals surface area contributed by atoms with E-state index in [1.54, 1.807) is 23.1 Å². The van der Waals surface area contributed by atoms with Crippen LogP contribution >= 0.6 is 11.6 Å². The summed E-state index contributed by atoms with van der Waals surface area (Å²) in [7, 11) is -2.86. The Morgan fingerprint density at radius 1 is 1.24 bits per heavy atom. The van der Waals surface area contributed by atoms with E-state index < -0.39 is 21.0 Å². The van der Waals surface area contributed by atoms with Gasteiger partial charge in [0.15, 0.2) is 5.03 Å². The number of nitrogens with two attached hydrogens (primary N) is 1. The van der Waals surface area contributed by atoms with Crippen molar-refractivity contribution in [3.8, 4) is 11.8 Å². The molecule has 0 aliphatic carbocycles. The van der Waals surface area contributed by atoms with Crippen LogP contribution in [0.2, 0.25) is 5.02 Å². The van der Waals surface area contributed by atoms with Crippen molar-refractivity contribution in [3.05, 3.63) is 76.2 Å². The number of piperidine rings is 1. The quantitative estimate of drug-likeness (QED) is 0.476. The lowest BCUT2D eigenvalue weighted by Crippen LogP contribution is -2.38. The number of amides is 1. The summed E-state index contributed by atoms with van der Waals surface area (Å²) in [5.74, 6) is -0.131. The fraction of sp³-hybridized carbons (Fsp3) is 0.240. The normalized spacial score (nSPS) is 14.2. The molecule has 0 saturated carbocycles. The highest BCUT2D eigenvalue weighted by atomic mass is 35.5. The number of carbonyl (C=O) groups is 1. The van der Waals surface area contributed by atoms with Gasteiger partial charge in [0.05, 0.1) is 29.6 Å². The van der Waals surface area contributed by atoms with Crippen LogP contribution in [0.1, 0.15) is 40.2 Å². The molecule has 9 nitrogen and oxygen atoms in total. The number of nitrogens with one attached hydrogen (secondary N) is 1. The zero-order valence-electron chi connectivity index (χ0n) is 19.7. The molecule has 12 heteroatoms. The first-order valence-corrected chi connectivity index (χ1v) is 13.2. The van der Waals surface area contributed by atoms with Crippen LogP contribution < -0.4 is 15.2 Å². The number of pyridine rings is 1. The minimum Gasteiger partial charge on any atom is -0.497 e. The van der Waals surface area contributed by atoms with E-state index >= 15 is 0 Å². The number of hydrogen-bond acceptors (Lipinski definition) is 7. The summed E-state index contributed by atoms with van der Waals surface area (Å²) >= 11 is 6.42. The Hall–Kier alpha value is -3.72. The number of rotatable bonds is 6. The number of methoxy groups -OCH3 is 1. The highest BCUT2D eigenvalue weighted by molar-refractivity contribution is 7.89. The summed E-state index contributed by atoms with van der Waals surface area (Å²) in [6.07, 6.45) is 2.42. The Kier molecular flexibility index (Phi) is 7.63. The molecule has 1 saturated heterocycles. The standard InChI is InChI=1S/C25H23ClFN5O4S/c1-36-19-7-4-17(13-28)21(12-19)31-23-20(14-30-24(22(23)26)37(29,34)35)25(33)32-10-8-16(9-11-32)15-2-5-18(27)6-3-15/h2-7,12,14,16H,8-11H2,1H3,(H,30,31)(H2,29,34,35). The number of hydrogen-bond donors (Lipinski definition) is 2. The van der Waals surface area contributed by atoms with Crippen molar-refractivity contribution in [2.75, 3.05) is 25.5 Å².